The second-order valence-corrected chi connectivity index (χ2v) is 8.77. The molecular weight excluding hydrogens is 459 g/mol. The summed E-state index contributed by atoms with van der Waals surface area (Å²) in [5.74, 6) is -2.45. The number of alkyl halides is 2. The fourth-order valence-electron chi connectivity index (χ4n) is 3.88. The van der Waals surface area contributed by atoms with Gasteiger partial charge in [-0.1, -0.05) is 47.5 Å². The average Bonchev–Trinajstić information content (AvgIpc) is 3.13. The largest absolute Gasteiger partial charge is 0.368 e. The van der Waals surface area contributed by atoms with Gasteiger partial charge in [0, 0.05) is 36.4 Å². The Kier molecular flexibility index (Phi) is 6.35. The molecule has 10 heteroatoms. The van der Waals surface area contributed by atoms with Crippen LogP contribution in [0.2, 0.25) is 10.0 Å². The highest BCUT2D eigenvalue weighted by molar-refractivity contribution is 6.39. The number of carbonyl (C=O) groups excluding carboxylic acids is 1. The number of benzene rings is 2. The number of nitrogens with one attached hydrogen (secondary N) is 2. The minimum atomic E-state index is -2.63. The zero-order chi connectivity index (χ0) is 22.9. The molecule has 0 unspecified atom stereocenters. The second kappa shape index (κ2) is 9.03. The van der Waals surface area contributed by atoms with Crippen LogP contribution in [0.3, 0.4) is 0 Å². The van der Waals surface area contributed by atoms with Gasteiger partial charge in [-0.05, 0) is 36.1 Å². The lowest BCUT2D eigenvalue weighted by molar-refractivity contribution is -0.126. The van der Waals surface area contributed by atoms with Crippen LogP contribution in [-0.2, 0) is 11.2 Å². The number of nitrogen functional groups attached to an aromatic ring is 1. The molecule has 32 heavy (non-hydrogen) atoms. The molecule has 0 amide bonds. The van der Waals surface area contributed by atoms with E-state index >= 15 is 0 Å². The van der Waals surface area contributed by atoms with Crippen molar-refractivity contribution in [3.8, 4) is 11.1 Å². The summed E-state index contributed by atoms with van der Waals surface area (Å²) in [4.78, 5) is 16.5. The first kappa shape index (κ1) is 22.5. The molecule has 1 heterocycles. The smallest absolute Gasteiger partial charge is 0.248 e. The molecule has 0 atom stereocenters. The first-order valence-electron chi connectivity index (χ1n) is 10.1. The van der Waals surface area contributed by atoms with Gasteiger partial charge in [-0.15, -0.1) is 5.10 Å². The molecule has 0 spiro atoms. The Labute approximate surface area is 193 Å². The monoisotopic (exact) mass is 479 g/mol. The van der Waals surface area contributed by atoms with Crippen molar-refractivity contribution in [1.82, 2.24) is 15.2 Å². The quantitative estimate of drug-likeness (QED) is 0.400. The predicted octanol–water partition coefficient (Wildman–Crippen LogP) is 6.04. The van der Waals surface area contributed by atoms with Crippen molar-refractivity contribution in [3.05, 3.63) is 52.0 Å². The molecule has 0 radical (unpaired) electrons. The van der Waals surface area contributed by atoms with Crippen molar-refractivity contribution >= 4 is 46.6 Å². The van der Waals surface area contributed by atoms with Crippen LogP contribution in [0.5, 0.6) is 0 Å². The zero-order valence-corrected chi connectivity index (χ0v) is 18.5. The highest BCUT2D eigenvalue weighted by Gasteiger charge is 2.37. The normalized spacial score (nSPS) is 16.1. The van der Waals surface area contributed by atoms with E-state index in [1.807, 2.05) is 24.3 Å². The molecule has 2 aromatic carbocycles. The highest BCUT2D eigenvalue weighted by Crippen LogP contribution is 2.39. The van der Waals surface area contributed by atoms with Crippen LogP contribution in [0, 0.1) is 5.92 Å². The minimum absolute atomic E-state index is 0.00681. The maximum absolute atomic E-state index is 13.3. The maximum Gasteiger partial charge on any atom is 0.248 e. The number of ketones is 1. The van der Waals surface area contributed by atoms with Gasteiger partial charge in [-0.25, -0.2) is 13.9 Å². The predicted molar refractivity (Wildman–Crippen MR) is 122 cm³/mol. The summed E-state index contributed by atoms with van der Waals surface area (Å²) in [6.45, 7) is 0. The number of nitrogens with two attached hydrogens (primary N) is 1. The molecule has 4 rings (SSSR count). The summed E-state index contributed by atoms with van der Waals surface area (Å²) in [6.07, 6.45) is 0.286. The number of H-pyrrole nitrogens is 1. The number of aromatic nitrogens is 3. The van der Waals surface area contributed by atoms with Gasteiger partial charge in [-0.3, -0.25) is 4.79 Å². The summed E-state index contributed by atoms with van der Waals surface area (Å²) in [5.41, 5.74) is 8.39. The topological polar surface area (TPSA) is 96.7 Å². The number of nitrogens with zero attached hydrogens (tertiary/aromatic N) is 2. The molecule has 3 aromatic rings. The van der Waals surface area contributed by atoms with Crippen LogP contribution in [0.15, 0.2) is 36.4 Å². The van der Waals surface area contributed by atoms with Gasteiger partial charge >= 0.3 is 0 Å². The lowest BCUT2D eigenvalue weighted by Crippen LogP contribution is -2.29. The Bertz CT molecular complexity index is 1100. The standard InChI is InChI=1S/C22H21Cl2F2N5O/c23-16-10-15(28-21-29-20(27)30-31-21)11-17(24)19(16)14-3-1-12(2-4-14)9-18(32)13-5-7-22(25,26)8-6-13/h1-4,10-11,13H,5-9H2,(H4,27,28,29,30,31). The number of hydrogen-bond acceptors (Lipinski definition) is 5. The number of carbonyl (C=O) groups is 1. The number of halogens is 4. The molecule has 4 N–H and O–H groups in total. The lowest BCUT2D eigenvalue weighted by atomic mass is 9.82. The number of anilines is 3. The van der Waals surface area contributed by atoms with Crippen molar-refractivity contribution in [2.45, 2.75) is 38.0 Å². The average molecular weight is 480 g/mol. The van der Waals surface area contributed by atoms with E-state index in [4.69, 9.17) is 28.9 Å². The summed E-state index contributed by atoms with van der Waals surface area (Å²) in [7, 11) is 0. The van der Waals surface area contributed by atoms with Gasteiger partial charge in [0.1, 0.15) is 5.78 Å². The van der Waals surface area contributed by atoms with Gasteiger partial charge in [0.05, 0.1) is 10.0 Å². The Morgan fingerprint density at radius 2 is 1.78 bits per heavy atom. The van der Waals surface area contributed by atoms with Gasteiger partial charge < -0.3 is 11.1 Å². The number of Topliss-reactive ketones (excluding diaryl/α,β-unsaturated/α-hetero) is 1. The van der Waals surface area contributed by atoms with E-state index in [-0.39, 0.29) is 55.7 Å². The Morgan fingerprint density at radius 3 is 2.34 bits per heavy atom. The summed E-state index contributed by atoms with van der Waals surface area (Å²) in [5, 5.41) is 10.2. The van der Waals surface area contributed by atoms with E-state index in [1.165, 1.54) is 0 Å². The third kappa shape index (κ3) is 5.19. The Morgan fingerprint density at radius 1 is 1.16 bits per heavy atom. The SMILES string of the molecule is Nc1nc(Nc2cc(Cl)c(-c3ccc(CC(=O)C4CCC(F)(F)CC4)cc3)c(Cl)c2)n[nH]1. The van der Waals surface area contributed by atoms with Crippen LogP contribution in [0.25, 0.3) is 11.1 Å². The first-order valence-corrected chi connectivity index (χ1v) is 10.9. The first-order chi connectivity index (χ1) is 15.2. The van der Waals surface area contributed by atoms with Crippen LogP contribution in [-0.4, -0.2) is 26.9 Å². The lowest BCUT2D eigenvalue weighted by Gasteiger charge is -2.27. The maximum atomic E-state index is 13.3. The Hall–Kier alpha value is -2.71. The molecule has 1 aromatic heterocycles. The van der Waals surface area contributed by atoms with Crippen molar-refractivity contribution in [2.75, 3.05) is 11.1 Å². The van der Waals surface area contributed by atoms with Crippen molar-refractivity contribution < 1.29 is 13.6 Å². The third-order valence-electron chi connectivity index (χ3n) is 5.59. The molecule has 0 saturated heterocycles. The van der Waals surface area contributed by atoms with Crippen molar-refractivity contribution in [3.63, 3.8) is 0 Å². The number of rotatable bonds is 6. The molecule has 1 aliphatic carbocycles. The zero-order valence-electron chi connectivity index (χ0n) is 17.0. The van der Waals surface area contributed by atoms with E-state index < -0.39 is 5.92 Å². The Balaban J connectivity index is 1.45. The molecule has 0 aliphatic heterocycles. The summed E-state index contributed by atoms with van der Waals surface area (Å²) < 4.78 is 26.6. The molecule has 1 aliphatic rings. The summed E-state index contributed by atoms with van der Waals surface area (Å²) >= 11 is 13.0. The van der Waals surface area contributed by atoms with Crippen molar-refractivity contribution in [1.29, 1.82) is 0 Å². The molecule has 1 fully saturated rings. The van der Waals surface area contributed by atoms with Gasteiger partial charge in [-0.2, -0.15) is 4.98 Å². The van der Waals surface area contributed by atoms with E-state index in [0.717, 1.165) is 11.1 Å². The molecule has 1 saturated carbocycles. The van der Waals surface area contributed by atoms with Crippen molar-refractivity contribution in [2.24, 2.45) is 5.92 Å². The fraction of sp³-hybridized carbons (Fsp3) is 0.318. The van der Waals surface area contributed by atoms with E-state index in [2.05, 4.69) is 20.5 Å². The highest BCUT2D eigenvalue weighted by atomic mass is 35.5. The van der Waals surface area contributed by atoms with Crippen LogP contribution >= 0.6 is 23.2 Å². The van der Waals surface area contributed by atoms with Crippen LogP contribution < -0.4 is 11.1 Å². The van der Waals surface area contributed by atoms with Crippen LogP contribution in [0.1, 0.15) is 31.2 Å². The molecule has 168 valence electrons. The van der Waals surface area contributed by atoms with Gasteiger partial charge in [0.25, 0.3) is 0 Å². The van der Waals surface area contributed by atoms with E-state index in [9.17, 15) is 13.6 Å². The molecular formula is C22H21Cl2F2N5O. The summed E-state index contributed by atoms with van der Waals surface area (Å²) in [6, 6.07) is 10.7. The van der Waals surface area contributed by atoms with Crippen LogP contribution in [0.4, 0.5) is 26.4 Å². The molecule has 0 bridgehead atoms. The van der Waals surface area contributed by atoms with Gasteiger partial charge in [0.2, 0.25) is 17.8 Å². The van der Waals surface area contributed by atoms with E-state index in [1.54, 1.807) is 12.1 Å². The number of aromatic amines is 1. The molecule has 6 nitrogen and oxygen atoms in total. The second-order valence-electron chi connectivity index (χ2n) is 7.95. The van der Waals surface area contributed by atoms with Gasteiger partial charge in [0.15, 0.2) is 0 Å². The fourth-order valence-corrected chi connectivity index (χ4v) is 4.58. The third-order valence-corrected chi connectivity index (χ3v) is 6.19. The minimum Gasteiger partial charge on any atom is -0.368 e. The number of hydrogen-bond donors (Lipinski definition) is 3. The van der Waals surface area contributed by atoms with E-state index in [0.29, 0.717) is 21.3 Å².